The summed E-state index contributed by atoms with van der Waals surface area (Å²) in [5.74, 6) is -0.453. The summed E-state index contributed by atoms with van der Waals surface area (Å²) >= 11 is 0. The SMILES string of the molecule is COc1ccccc1/C=C/C(=O)O[C@H](C)C(=O)c1ccc(NS(C)(=O)=O)cc1. The number of carbonyl (C=O) groups excluding carboxylic acids is 2. The van der Waals surface area contributed by atoms with Crippen molar-refractivity contribution in [2.45, 2.75) is 13.0 Å². The number of anilines is 1. The number of hydrogen-bond donors (Lipinski definition) is 1. The van der Waals surface area contributed by atoms with E-state index in [0.717, 1.165) is 6.26 Å². The van der Waals surface area contributed by atoms with Crippen LogP contribution in [0.3, 0.4) is 0 Å². The molecule has 0 aliphatic carbocycles. The van der Waals surface area contributed by atoms with E-state index >= 15 is 0 Å². The third-order valence-corrected chi connectivity index (χ3v) is 4.28. The van der Waals surface area contributed by atoms with Crippen LogP contribution in [0, 0.1) is 0 Å². The van der Waals surface area contributed by atoms with Crippen molar-refractivity contribution in [2.75, 3.05) is 18.1 Å². The van der Waals surface area contributed by atoms with E-state index < -0.39 is 27.9 Å². The Hall–Kier alpha value is -3.13. The van der Waals surface area contributed by atoms with Gasteiger partial charge in [-0.1, -0.05) is 18.2 Å². The number of hydrogen-bond acceptors (Lipinski definition) is 6. The number of Topliss-reactive ketones (excluding diaryl/α,β-unsaturated/α-hetero) is 1. The van der Waals surface area contributed by atoms with Crippen LogP contribution in [0.15, 0.2) is 54.6 Å². The molecular formula is C20H21NO6S. The third kappa shape index (κ3) is 6.24. The Morgan fingerprint density at radius 2 is 1.71 bits per heavy atom. The van der Waals surface area contributed by atoms with Crippen molar-refractivity contribution in [3.63, 3.8) is 0 Å². The average Bonchev–Trinajstić information content (AvgIpc) is 2.65. The van der Waals surface area contributed by atoms with Crippen molar-refractivity contribution in [3.8, 4) is 5.75 Å². The highest BCUT2D eigenvalue weighted by Gasteiger charge is 2.18. The topological polar surface area (TPSA) is 98.8 Å². The highest BCUT2D eigenvalue weighted by molar-refractivity contribution is 7.92. The Bertz CT molecular complexity index is 980. The normalized spacial score (nSPS) is 12.4. The van der Waals surface area contributed by atoms with E-state index in [0.29, 0.717) is 22.6 Å². The third-order valence-electron chi connectivity index (χ3n) is 3.67. The molecule has 0 radical (unpaired) electrons. The molecule has 2 aromatic rings. The number of rotatable bonds is 8. The van der Waals surface area contributed by atoms with Crippen LogP contribution in [-0.4, -0.2) is 39.6 Å². The Morgan fingerprint density at radius 3 is 2.32 bits per heavy atom. The van der Waals surface area contributed by atoms with Crippen molar-refractivity contribution < 1.29 is 27.5 Å². The van der Waals surface area contributed by atoms with Crippen LogP contribution in [0.4, 0.5) is 5.69 Å². The summed E-state index contributed by atoms with van der Waals surface area (Å²) in [6.45, 7) is 1.47. The van der Waals surface area contributed by atoms with Crippen LogP contribution >= 0.6 is 0 Å². The summed E-state index contributed by atoms with van der Waals surface area (Å²) in [5.41, 5.74) is 1.34. The molecule has 0 aliphatic rings. The number of benzene rings is 2. The molecular weight excluding hydrogens is 382 g/mol. The molecule has 1 atom stereocenters. The molecule has 0 saturated carbocycles. The lowest BCUT2D eigenvalue weighted by Crippen LogP contribution is -2.23. The van der Waals surface area contributed by atoms with Gasteiger partial charge in [0.25, 0.3) is 0 Å². The van der Waals surface area contributed by atoms with Gasteiger partial charge in [0.1, 0.15) is 5.75 Å². The summed E-state index contributed by atoms with van der Waals surface area (Å²) in [5, 5.41) is 0. The Balaban J connectivity index is 1.99. The van der Waals surface area contributed by atoms with Gasteiger partial charge in [0.15, 0.2) is 6.10 Å². The molecule has 0 spiro atoms. The molecule has 7 nitrogen and oxygen atoms in total. The van der Waals surface area contributed by atoms with Gasteiger partial charge in [-0.15, -0.1) is 0 Å². The molecule has 0 unspecified atom stereocenters. The molecule has 0 aromatic heterocycles. The molecule has 0 heterocycles. The fraction of sp³-hybridized carbons (Fsp3) is 0.200. The predicted molar refractivity (Wildman–Crippen MR) is 107 cm³/mol. The fourth-order valence-corrected chi connectivity index (χ4v) is 2.94. The van der Waals surface area contributed by atoms with E-state index in [9.17, 15) is 18.0 Å². The molecule has 0 saturated heterocycles. The molecule has 1 N–H and O–H groups in total. The lowest BCUT2D eigenvalue weighted by molar-refractivity contribution is -0.140. The molecule has 0 amide bonds. The van der Waals surface area contributed by atoms with Crippen molar-refractivity contribution in [2.24, 2.45) is 0 Å². The Kier molecular flexibility index (Phi) is 6.94. The number of esters is 1. The Labute approximate surface area is 164 Å². The van der Waals surface area contributed by atoms with Gasteiger partial charge in [0.2, 0.25) is 15.8 Å². The van der Waals surface area contributed by atoms with Crippen LogP contribution in [-0.2, 0) is 19.6 Å². The van der Waals surface area contributed by atoms with E-state index in [1.165, 1.54) is 44.4 Å². The minimum Gasteiger partial charge on any atom is -0.496 e. The lowest BCUT2D eigenvalue weighted by Gasteiger charge is -2.11. The van der Waals surface area contributed by atoms with E-state index in [1.807, 2.05) is 12.1 Å². The molecule has 0 aliphatic heterocycles. The van der Waals surface area contributed by atoms with Crippen molar-refractivity contribution >= 4 is 33.5 Å². The van der Waals surface area contributed by atoms with E-state index in [1.54, 1.807) is 18.2 Å². The highest BCUT2D eigenvalue weighted by Crippen LogP contribution is 2.19. The lowest BCUT2D eigenvalue weighted by atomic mass is 10.1. The van der Waals surface area contributed by atoms with Crippen LogP contribution < -0.4 is 9.46 Å². The maximum atomic E-state index is 12.4. The standard InChI is InChI=1S/C20H21NO6S/c1-14(20(23)16-8-11-17(12-9-16)21-28(3,24)25)27-19(22)13-10-15-6-4-5-7-18(15)26-2/h4-14,21H,1-3H3/b13-10+/t14-/m1/s1. The molecule has 2 aromatic carbocycles. The van der Waals surface area contributed by atoms with Gasteiger partial charge in [-0.3, -0.25) is 9.52 Å². The first-order valence-electron chi connectivity index (χ1n) is 8.33. The highest BCUT2D eigenvalue weighted by atomic mass is 32.2. The maximum Gasteiger partial charge on any atom is 0.331 e. The van der Waals surface area contributed by atoms with Gasteiger partial charge in [-0.25, -0.2) is 13.2 Å². The monoisotopic (exact) mass is 403 g/mol. The number of methoxy groups -OCH3 is 1. The van der Waals surface area contributed by atoms with Crippen molar-refractivity contribution in [1.82, 2.24) is 0 Å². The largest absolute Gasteiger partial charge is 0.496 e. The van der Waals surface area contributed by atoms with E-state index in [2.05, 4.69) is 4.72 Å². The first-order valence-corrected chi connectivity index (χ1v) is 10.2. The predicted octanol–water partition coefficient (Wildman–Crippen LogP) is 2.89. The summed E-state index contributed by atoms with van der Waals surface area (Å²) in [6.07, 6.45) is 2.81. The second-order valence-electron chi connectivity index (χ2n) is 5.97. The quantitative estimate of drug-likeness (QED) is 0.413. The summed E-state index contributed by atoms with van der Waals surface area (Å²) in [7, 11) is -1.87. The second-order valence-corrected chi connectivity index (χ2v) is 7.72. The van der Waals surface area contributed by atoms with Gasteiger partial charge in [-0.2, -0.15) is 0 Å². The van der Waals surface area contributed by atoms with E-state index in [-0.39, 0.29) is 0 Å². The second kappa shape index (κ2) is 9.18. The zero-order valence-electron chi connectivity index (χ0n) is 15.7. The number of carbonyl (C=O) groups is 2. The van der Waals surface area contributed by atoms with Crippen molar-refractivity contribution in [3.05, 3.63) is 65.7 Å². The van der Waals surface area contributed by atoms with Crippen molar-refractivity contribution in [1.29, 1.82) is 0 Å². The number of para-hydroxylation sites is 1. The number of sulfonamides is 1. The average molecular weight is 403 g/mol. The Morgan fingerprint density at radius 1 is 1.07 bits per heavy atom. The summed E-state index contributed by atoms with van der Waals surface area (Å²) in [6, 6.07) is 13.0. The van der Waals surface area contributed by atoms with Crippen LogP contribution in [0.5, 0.6) is 5.75 Å². The zero-order valence-corrected chi connectivity index (χ0v) is 16.5. The number of ketones is 1. The summed E-state index contributed by atoms with van der Waals surface area (Å²) in [4.78, 5) is 24.4. The first kappa shape index (κ1) is 21.2. The molecule has 0 bridgehead atoms. The van der Waals surface area contributed by atoms with Gasteiger partial charge >= 0.3 is 5.97 Å². The summed E-state index contributed by atoms with van der Waals surface area (Å²) < 4.78 is 35.1. The molecule has 2 rings (SSSR count). The van der Waals surface area contributed by atoms with Crippen LogP contribution in [0.1, 0.15) is 22.8 Å². The van der Waals surface area contributed by atoms with Gasteiger partial charge in [-0.05, 0) is 43.3 Å². The number of nitrogens with one attached hydrogen (secondary N) is 1. The zero-order chi connectivity index (χ0) is 20.7. The number of ether oxygens (including phenoxy) is 2. The first-order chi connectivity index (χ1) is 13.2. The molecule has 28 heavy (non-hydrogen) atoms. The van der Waals surface area contributed by atoms with Gasteiger partial charge in [0.05, 0.1) is 13.4 Å². The minimum absolute atomic E-state index is 0.299. The maximum absolute atomic E-state index is 12.4. The van der Waals surface area contributed by atoms with Crippen LogP contribution in [0.2, 0.25) is 0 Å². The van der Waals surface area contributed by atoms with Crippen LogP contribution in [0.25, 0.3) is 6.08 Å². The fourth-order valence-electron chi connectivity index (χ4n) is 2.38. The molecule has 0 fully saturated rings. The molecule has 148 valence electrons. The minimum atomic E-state index is -3.40. The van der Waals surface area contributed by atoms with Gasteiger partial charge in [0, 0.05) is 22.9 Å². The van der Waals surface area contributed by atoms with Gasteiger partial charge < -0.3 is 9.47 Å². The smallest absolute Gasteiger partial charge is 0.331 e. The van der Waals surface area contributed by atoms with E-state index in [4.69, 9.17) is 9.47 Å². The molecule has 8 heteroatoms.